The lowest BCUT2D eigenvalue weighted by atomic mass is 10.1. The number of rotatable bonds is 3. The van der Waals surface area contributed by atoms with E-state index in [-0.39, 0.29) is 6.04 Å². The summed E-state index contributed by atoms with van der Waals surface area (Å²) in [5, 5.41) is 0. The van der Waals surface area contributed by atoms with Crippen LogP contribution >= 0.6 is 0 Å². The molecule has 0 unspecified atom stereocenters. The molecule has 0 radical (unpaired) electrons. The average molecular weight is 208 g/mol. The van der Waals surface area contributed by atoms with Crippen LogP contribution in [0.3, 0.4) is 0 Å². The predicted molar refractivity (Wildman–Crippen MR) is 56.2 cm³/mol. The lowest BCUT2D eigenvalue weighted by molar-refractivity contribution is 0.0177. The van der Waals surface area contributed by atoms with Crippen LogP contribution in [0.15, 0.2) is 18.7 Å². The molecule has 1 aromatic rings. The van der Waals surface area contributed by atoms with Crippen molar-refractivity contribution in [2.45, 2.75) is 6.04 Å². The summed E-state index contributed by atoms with van der Waals surface area (Å²) in [5.74, 6) is 0. The van der Waals surface area contributed by atoms with Gasteiger partial charge in [0.05, 0.1) is 19.3 Å². The number of aromatic nitrogens is 2. The zero-order chi connectivity index (χ0) is 10.5. The van der Waals surface area contributed by atoms with Gasteiger partial charge in [0.2, 0.25) is 0 Å². The zero-order valence-corrected chi connectivity index (χ0v) is 8.67. The highest BCUT2D eigenvalue weighted by atomic mass is 16.5. The summed E-state index contributed by atoms with van der Waals surface area (Å²) in [6.07, 6.45) is 5.20. The van der Waals surface area contributed by atoms with Gasteiger partial charge in [-0.1, -0.05) is 0 Å². The Kier molecular flexibility index (Phi) is 3.60. The second kappa shape index (κ2) is 5.16. The molecule has 1 fully saturated rings. The normalized spacial score (nSPS) is 20.1. The molecule has 2 N–H and O–H groups in total. The Morgan fingerprint density at radius 1 is 1.33 bits per heavy atom. The maximum Gasteiger partial charge on any atom is 0.115 e. The van der Waals surface area contributed by atoms with Crippen molar-refractivity contribution < 1.29 is 4.74 Å². The van der Waals surface area contributed by atoms with Gasteiger partial charge >= 0.3 is 0 Å². The van der Waals surface area contributed by atoms with E-state index in [1.54, 1.807) is 0 Å². The van der Waals surface area contributed by atoms with Gasteiger partial charge in [-0.3, -0.25) is 4.90 Å². The first-order valence-electron chi connectivity index (χ1n) is 5.18. The van der Waals surface area contributed by atoms with Gasteiger partial charge in [-0.05, 0) is 0 Å². The Morgan fingerprint density at radius 3 is 2.60 bits per heavy atom. The van der Waals surface area contributed by atoms with Crippen molar-refractivity contribution in [1.29, 1.82) is 0 Å². The highest BCUT2D eigenvalue weighted by molar-refractivity contribution is 5.10. The second-order valence-corrected chi connectivity index (χ2v) is 3.57. The molecule has 0 aliphatic carbocycles. The number of hydrogen-bond acceptors (Lipinski definition) is 5. The van der Waals surface area contributed by atoms with Crippen LogP contribution in [-0.2, 0) is 4.74 Å². The fraction of sp³-hybridized carbons (Fsp3) is 0.600. The van der Waals surface area contributed by atoms with Crippen molar-refractivity contribution in [2.75, 3.05) is 32.8 Å². The minimum absolute atomic E-state index is 0.218. The summed E-state index contributed by atoms with van der Waals surface area (Å²) >= 11 is 0. The van der Waals surface area contributed by atoms with E-state index >= 15 is 0 Å². The van der Waals surface area contributed by atoms with E-state index in [0.717, 1.165) is 31.9 Å². The van der Waals surface area contributed by atoms with Gasteiger partial charge in [-0.25, -0.2) is 9.97 Å². The van der Waals surface area contributed by atoms with E-state index in [0.29, 0.717) is 6.54 Å². The molecule has 0 bridgehead atoms. The van der Waals surface area contributed by atoms with E-state index in [2.05, 4.69) is 14.9 Å². The zero-order valence-electron chi connectivity index (χ0n) is 8.67. The minimum Gasteiger partial charge on any atom is -0.379 e. The van der Waals surface area contributed by atoms with E-state index in [4.69, 9.17) is 10.5 Å². The van der Waals surface area contributed by atoms with Gasteiger partial charge in [0.25, 0.3) is 0 Å². The van der Waals surface area contributed by atoms with Crippen molar-refractivity contribution in [1.82, 2.24) is 14.9 Å². The molecule has 15 heavy (non-hydrogen) atoms. The first-order valence-corrected chi connectivity index (χ1v) is 5.18. The summed E-state index contributed by atoms with van der Waals surface area (Å²) in [7, 11) is 0. The topological polar surface area (TPSA) is 64.3 Å². The minimum atomic E-state index is 0.218. The fourth-order valence-corrected chi connectivity index (χ4v) is 1.87. The van der Waals surface area contributed by atoms with Crippen LogP contribution in [0.2, 0.25) is 0 Å². The summed E-state index contributed by atoms with van der Waals surface area (Å²) < 4.78 is 5.32. The van der Waals surface area contributed by atoms with Crippen molar-refractivity contribution in [3.05, 3.63) is 24.3 Å². The molecule has 0 saturated carbocycles. The van der Waals surface area contributed by atoms with Crippen LogP contribution in [0.5, 0.6) is 0 Å². The van der Waals surface area contributed by atoms with Crippen molar-refractivity contribution >= 4 is 0 Å². The molecule has 0 spiro atoms. The maximum absolute atomic E-state index is 5.80. The first kappa shape index (κ1) is 10.5. The summed E-state index contributed by atoms with van der Waals surface area (Å²) in [6, 6.07) is 0.218. The highest BCUT2D eigenvalue weighted by Gasteiger charge is 2.21. The fourth-order valence-electron chi connectivity index (χ4n) is 1.87. The Labute approximate surface area is 89.3 Å². The highest BCUT2D eigenvalue weighted by Crippen LogP contribution is 2.18. The monoisotopic (exact) mass is 208 g/mol. The molecule has 1 atom stereocenters. The summed E-state index contributed by atoms with van der Waals surface area (Å²) in [5.41, 5.74) is 6.88. The lowest BCUT2D eigenvalue weighted by Gasteiger charge is -2.33. The molecule has 1 saturated heterocycles. The number of ether oxygens (including phenoxy) is 1. The molecule has 82 valence electrons. The predicted octanol–water partition coefficient (Wildman–Crippen LogP) is -0.191. The Hall–Kier alpha value is -1.04. The van der Waals surface area contributed by atoms with Crippen molar-refractivity contribution in [2.24, 2.45) is 5.73 Å². The van der Waals surface area contributed by atoms with E-state index in [1.807, 2.05) is 12.4 Å². The van der Waals surface area contributed by atoms with Crippen LogP contribution in [-0.4, -0.2) is 47.7 Å². The van der Waals surface area contributed by atoms with Gasteiger partial charge in [-0.15, -0.1) is 0 Å². The van der Waals surface area contributed by atoms with E-state index in [9.17, 15) is 0 Å². The lowest BCUT2D eigenvalue weighted by Crippen LogP contribution is -2.41. The molecule has 1 aliphatic heterocycles. The van der Waals surface area contributed by atoms with Crippen LogP contribution in [0.4, 0.5) is 0 Å². The molecular formula is C10H16N4O. The maximum atomic E-state index is 5.80. The molecule has 5 heteroatoms. The summed E-state index contributed by atoms with van der Waals surface area (Å²) in [6.45, 7) is 4.01. The number of hydrogen-bond donors (Lipinski definition) is 1. The molecule has 1 aromatic heterocycles. The van der Waals surface area contributed by atoms with E-state index < -0.39 is 0 Å². The SMILES string of the molecule is NC[C@@H](c1cncnc1)N1CCOCC1. The Balaban J connectivity index is 2.09. The molecule has 2 heterocycles. The molecule has 0 aromatic carbocycles. The first-order chi connectivity index (χ1) is 7.42. The van der Waals surface area contributed by atoms with Crippen molar-refractivity contribution in [3.63, 3.8) is 0 Å². The standard InChI is InChI=1S/C10H16N4O/c11-5-10(9-6-12-8-13-7-9)14-1-3-15-4-2-14/h6-8,10H,1-5,11H2/t10-/m0/s1. The number of nitrogens with zero attached hydrogens (tertiary/aromatic N) is 3. The third-order valence-electron chi connectivity index (χ3n) is 2.68. The number of morpholine rings is 1. The molecule has 2 rings (SSSR count). The second-order valence-electron chi connectivity index (χ2n) is 3.57. The third kappa shape index (κ3) is 2.50. The van der Waals surface area contributed by atoms with Crippen LogP contribution < -0.4 is 5.73 Å². The van der Waals surface area contributed by atoms with Crippen LogP contribution in [0, 0.1) is 0 Å². The average Bonchev–Trinajstić information content (AvgIpc) is 2.33. The number of nitrogens with two attached hydrogens (primary N) is 1. The Morgan fingerprint density at radius 2 is 2.00 bits per heavy atom. The van der Waals surface area contributed by atoms with E-state index in [1.165, 1.54) is 6.33 Å². The van der Waals surface area contributed by atoms with Gasteiger partial charge in [0, 0.05) is 37.6 Å². The summed E-state index contributed by atoms with van der Waals surface area (Å²) in [4.78, 5) is 10.4. The Bertz CT molecular complexity index is 287. The molecule has 0 amide bonds. The molecule has 1 aliphatic rings. The third-order valence-corrected chi connectivity index (χ3v) is 2.68. The van der Waals surface area contributed by atoms with Gasteiger partial charge < -0.3 is 10.5 Å². The van der Waals surface area contributed by atoms with Crippen LogP contribution in [0.25, 0.3) is 0 Å². The molecule has 5 nitrogen and oxygen atoms in total. The molecular weight excluding hydrogens is 192 g/mol. The van der Waals surface area contributed by atoms with Crippen LogP contribution in [0.1, 0.15) is 11.6 Å². The van der Waals surface area contributed by atoms with Gasteiger partial charge in [-0.2, -0.15) is 0 Å². The van der Waals surface area contributed by atoms with Gasteiger partial charge in [0.15, 0.2) is 0 Å². The largest absolute Gasteiger partial charge is 0.379 e. The smallest absolute Gasteiger partial charge is 0.115 e. The van der Waals surface area contributed by atoms with Crippen molar-refractivity contribution in [3.8, 4) is 0 Å². The van der Waals surface area contributed by atoms with Gasteiger partial charge in [0.1, 0.15) is 6.33 Å². The quantitative estimate of drug-likeness (QED) is 0.745.